The standard InChI is InChI=1S/C23H19N3O5S2/c1-25(31-32(27)28)19-9-8-18-11-13-26(23(18)16-19)20-5-3-7-22(15-20)33(29,30)21-6-2-4-17(14-21)10-12-24/h2-9,11,13-16H,10H2,1H3,(H,27,28)/p-1. The topological polar surface area (TPSA) is 115 Å². The van der Waals surface area contributed by atoms with Gasteiger partial charge in [0.1, 0.15) is 11.4 Å². The Morgan fingerprint density at radius 1 is 1.06 bits per heavy atom. The van der Waals surface area contributed by atoms with E-state index >= 15 is 0 Å². The Morgan fingerprint density at radius 2 is 1.79 bits per heavy atom. The Bertz CT molecular complexity index is 1510. The first-order chi connectivity index (χ1) is 15.8. The number of fused-ring (bicyclic) bond motifs is 1. The van der Waals surface area contributed by atoms with Crippen LogP contribution in [0.4, 0.5) is 5.69 Å². The van der Waals surface area contributed by atoms with E-state index in [2.05, 4.69) is 4.28 Å². The third-order valence-electron chi connectivity index (χ3n) is 5.11. The van der Waals surface area contributed by atoms with Gasteiger partial charge in [0.2, 0.25) is 9.84 Å². The minimum Gasteiger partial charge on any atom is -0.748 e. The third-order valence-corrected chi connectivity index (χ3v) is 7.21. The van der Waals surface area contributed by atoms with E-state index < -0.39 is 21.2 Å². The van der Waals surface area contributed by atoms with Crippen molar-refractivity contribution < 1.29 is 21.5 Å². The zero-order chi connectivity index (χ0) is 23.6. The minimum atomic E-state index is -3.80. The van der Waals surface area contributed by atoms with Crippen molar-refractivity contribution in [2.75, 3.05) is 12.1 Å². The summed E-state index contributed by atoms with van der Waals surface area (Å²) in [6.07, 6.45) is 1.93. The first-order valence-electron chi connectivity index (χ1n) is 9.73. The average molecular weight is 481 g/mol. The molecule has 8 nitrogen and oxygen atoms in total. The number of nitrogens with zero attached hydrogens (tertiary/aromatic N) is 3. The lowest BCUT2D eigenvalue weighted by atomic mass is 10.2. The van der Waals surface area contributed by atoms with E-state index in [-0.39, 0.29) is 16.2 Å². The predicted octanol–water partition coefficient (Wildman–Crippen LogP) is 3.69. The molecule has 33 heavy (non-hydrogen) atoms. The molecule has 3 aromatic carbocycles. The molecule has 0 bridgehead atoms. The van der Waals surface area contributed by atoms with Gasteiger partial charge in [0.25, 0.3) is 0 Å². The summed E-state index contributed by atoms with van der Waals surface area (Å²) in [4.78, 5) is 0.241. The van der Waals surface area contributed by atoms with Crippen LogP contribution in [0.25, 0.3) is 16.6 Å². The monoisotopic (exact) mass is 480 g/mol. The largest absolute Gasteiger partial charge is 0.748 e. The molecule has 1 unspecified atom stereocenters. The van der Waals surface area contributed by atoms with Crippen LogP contribution in [-0.4, -0.2) is 28.8 Å². The van der Waals surface area contributed by atoms with Crippen molar-refractivity contribution in [2.24, 2.45) is 0 Å². The van der Waals surface area contributed by atoms with Gasteiger partial charge in [0, 0.05) is 24.3 Å². The number of anilines is 1. The summed E-state index contributed by atoms with van der Waals surface area (Å²) >= 11 is -2.71. The fourth-order valence-corrected chi connectivity index (χ4v) is 5.16. The van der Waals surface area contributed by atoms with Crippen LogP contribution in [-0.2, 0) is 31.9 Å². The number of nitriles is 1. The number of rotatable bonds is 7. The lowest BCUT2D eigenvalue weighted by Gasteiger charge is -2.19. The Kier molecular flexibility index (Phi) is 6.31. The van der Waals surface area contributed by atoms with Gasteiger partial charge in [-0.1, -0.05) is 24.3 Å². The second-order valence-electron chi connectivity index (χ2n) is 7.19. The van der Waals surface area contributed by atoms with Gasteiger partial charge in [-0.05, 0) is 54.1 Å². The summed E-state index contributed by atoms with van der Waals surface area (Å²) in [7, 11) is -2.33. The highest BCUT2D eigenvalue weighted by Crippen LogP contribution is 2.28. The number of hydrogen-bond acceptors (Lipinski definition) is 7. The van der Waals surface area contributed by atoms with E-state index in [1.807, 2.05) is 22.8 Å². The molecule has 1 atom stereocenters. The molecule has 1 aromatic heterocycles. The van der Waals surface area contributed by atoms with Crippen molar-refractivity contribution in [2.45, 2.75) is 16.2 Å². The van der Waals surface area contributed by atoms with Crippen LogP contribution in [0.1, 0.15) is 5.56 Å². The molecule has 168 valence electrons. The predicted molar refractivity (Wildman–Crippen MR) is 123 cm³/mol. The molecule has 0 aliphatic carbocycles. The van der Waals surface area contributed by atoms with Gasteiger partial charge in [0.15, 0.2) is 0 Å². The molecule has 10 heteroatoms. The summed E-state index contributed by atoms with van der Waals surface area (Å²) in [5, 5.41) is 10.9. The Morgan fingerprint density at radius 3 is 2.52 bits per heavy atom. The second kappa shape index (κ2) is 9.17. The van der Waals surface area contributed by atoms with Crippen LogP contribution >= 0.6 is 0 Å². The van der Waals surface area contributed by atoms with E-state index in [4.69, 9.17) is 5.26 Å². The SMILES string of the molecule is CN(OS(=O)[O-])c1ccc2ccn(-c3cccc(S(=O)(=O)c4cccc(CC#N)c4)c3)c2c1. The van der Waals surface area contributed by atoms with Gasteiger partial charge in [-0.25, -0.2) is 17.7 Å². The number of hydrogen-bond donors (Lipinski definition) is 0. The normalized spacial score (nSPS) is 12.4. The average Bonchev–Trinajstić information content (AvgIpc) is 3.22. The molecule has 0 aliphatic heterocycles. The summed E-state index contributed by atoms with van der Waals surface area (Å²) in [5.41, 5.74) is 2.49. The number of sulfone groups is 1. The van der Waals surface area contributed by atoms with Gasteiger partial charge in [0.05, 0.1) is 33.5 Å². The van der Waals surface area contributed by atoms with Crippen molar-refractivity contribution in [1.82, 2.24) is 4.57 Å². The Hall–Kier alpha value is -3.49. The van der Waals surface area contributed by atoms with Gasteiger partial charge >= 0.3 is 0 Å². The molecule has 0 fully saturated rings. The maximum absolute atomic E-state index is 13.2. The van der Waals surface area contributed by atoms with Crippen LogP contribution in [0.15, 0.2) is 88.8 Å². The zero-order valence-corrected chi connectivity index (χ0v) is 19.0. The first kappa shape index (κ1) is 22.7. The second-order valence-corrected chi connectivity index (χ2v) is 9.70. The molecule has 1 heterocycles. The quantitative estimate of drug-likeness (QED) is 0.293. The Labute approximate surface area is 193 Å². The highest BCUT2D eigenvalue weighted by atomic mass is 32.2. The van der Waals surface area contributed by atoms with Crippen molar-refractivity contribution in [1.29, 1.82) is 5.26 Å². The van der Waals surface area contributed by atoms with Crippen LogP contribution in [0.5, 0.6) is 0 Å². The zero-order valence-electron chi connectivity index (χ0n) is 17.4. The van der Waals surface area contributed by atoms with E-state index in [0.717, 1.165) is 16.0 Å². The van der Waals surface area contributed by atoms with E-state index in [0.29, 0.717) is 16.9 Å². The van der Waals surface area contributed by atoms with Crippen molar-refractivity contribution >= 4 is 37.8 Å². The number of hydroxylamine groups is 1. The first-order valence-corrected chi connectivity index (χ1v) is 12.2. The minimum absolute atomic E-state index is 0.120. The molecular weight excluding hydrogens is 462 g/mol. The summed E-state index contributed by atoms with van der Waals surface area (Å²) in [6.45, 7) is 0. The van der Waals surface area contributed by atoms with Gasteiger partial charge in [-0.2, -0.15) is 9.55 Å². The fourth-order valence-electron chi connectivity index (χ4n) is 3.52. The fraction of sp³-hybridized carbons (Fsp3) is 0.0870. The molecule has 0 radical (unpaired) electrons. The number of aromatic nitrogens is 1. The van der Waals surface area contributed by atoms with Crippen LogP contribution in [0.3, 0.4) is 0 Å². The molecule has 0 N–H and O–H groups in total. The molecular formula is C23H18N3O5S2-. The van der Waals surface area contributed by atoms with Crippen LogP contribution in [0, 0.1) is 11.3 Å². The lowest BCUT2D eigenvalue weighted by molar-refractivity contribution is 0.289. The van der Waals surface area contributed by atoms with Crippen LogP contribution < -0.4 is 5.06 Å². The molecule has 0 saturated carbocycles. The maximum Gasteiger partial charge on any atom is 0.206 e. The van der Waals surface area contributed by atoms with E-state index in [1.54, 1.807) is 48.7 Å². The van der Waals surface area contributed by atoms with Crippen molar-refractivity contribution in [3.8, 4) is 11.8 Å². The summed E-state index contributed by atoms with van der Waals surface area (Å²) in [6, 6.07) is 22.1. The molecule has 4 rings (SSSR count). The van der Waals surface area contributed by atoms with Crippen molar-refractivity contribution in [3.05, 3.63) is 84.6 Å². The highest BCUT2D eigenvalue weighted by molar-refractivity contribution is 7.91. The molecule has 0 saturated heterocycles. The van der Waals surface area contributed by atoms with Crippen LogP contribution in [0.2, 0.25) is 0 Å². The molecule has 0 spiro atoms. The molecule has 4 aromatic rings. The van der Waals surface area contributed by atoms with Gasteiger partial charge in [-0.3, -0.25) is 0 Å². The van der Waals surface area contributed by atoms with Gasteiger partial charge in [-0.15, -0.1) is 0 Å². The smallest absolute Gasteiger partial charge is 0.206 e. The van der Waals surface area contributed by atoms with E-state index in [9.17, 15) is 17.2 Å². The number of benzene rings is 3. The Balaban J connectivity index is 1.76. The molecule has 0 aliphatic rings. The third kappa shape index (κ3) is 4.67. The summed E-state index contributed by atoms with van der Waals surface area (Å²) in [5.74, 6) is 0. The maximum atomic E-state index is 13.2. The van der Waals surface area contributed by atoms with Gasteiger partial charge < -0.3 is 9.12 Å². The molecule has 0 amide bonds. The lowest BCUT2D eigenvalue weighted by Crippen LogP contribution is -2.18. The summed E-state index contributed by atoms with van der Waals surface area (Å²) < 4.78 is 54.7. The highest BCUT2D eigenvalue weighted by Gasteiger charge is 2.19. The van der Waals surface area contributed by atoms with E-state index in [1.165, 1.54) is 25.2 Å². The van der Waals surface area contributed by atoms with Crippen molar-refractivity contribution in [3.63, 3.8) is 0 Å².